The number of benzene rings is 1. The van der Waals surface area contributed by atoms with Crippen LogP contribution in [-0.4, -0.2) is 21.8 Å². The molecule has 1 saturated heterocycles. The van der Waals surface area contributed by atoms with Gasteiger partial charge in [0, 0.05) is 34.4 Å². The molecule has 0 bridgehead atoms. The van der Waals surface area contributed by atoms with Crippen molar-refractivity contribution in [3.8, 4) is 0 Å². The van der Waals surface area contributed by atoms with Crippen LogP contribution in [-0.2, 0) is 10.8 Å². The highest BCUT2D eigenvalue weighted by Crippen LogP contribution is 2.26. The van der Waals surface area contributed by atoms with E-state index >= 15 is 0 Å². The van der Waals surface area contributed by atoms with Gasteiger partial charge in [0.25, 0.3) is 0 Å². The average Bonchev–Trinajstić information content (AvgIpc) is 2.13. The Balaban J connectivity index is 2.36. The molecular weight excluding hydrogens is 230 g/mol. The van der Waals surface area contributed by atoms with Crippen molar-refractivity contribution in [3.05, 3.63) is 34.4 Å². The highest BCUT2D eigenvalue weighted by molar-refractivity contribution is 7.85. The molecule has 0 radical (unpaired) electrons. The molecule has 1 aliphatic heterocycles. The molecule has 3 atom stereocenters. The van der Waals surface area contributed by atoms with Gasteiger partial charge in [0.15, 0.2) is 0 Å². The second kappa shape index (κ2) is 4.91. The standard InChI is InChI=1S/C14H21NOS/c1-9-5-10(2)14(11(3)6-9)13-8-17(16)7-12(4)15-13/h5-6,12-13,15H,7-8H2,1-4H3. The van der Waals surface area contributed by atoms with Crippen LogP contribution in [0.15, 0.2) is 12.1 Å². The van der Waals surface area contributed by atoms with Crippen molar-refractivity contribution in [1.82, 2.24) is 5.32 Å². The van der Waals surface area contributed by atoms with Gasteiger partial charge in [0.05, 0.1) is 0 Å². The minimum Gasteiger partial charge on any atom is -0.306 e. The second-order valence-electron chi connectivity index (χ2n) is 5.21. The minimum atomic E-state index is -0.685. The molecular formula is C14H21NOS. The molecule has 0 aliphatic carbocycles. The minimum absolute atomic E-state index is 0.250. The lowest BCUT2D eigenvalue weighted by molar-refractivity contribution is 0.487. The van der Waals surface area contributed by atoms with E-state index in [1.165, 1.54) is 22.3 Å². The highest BCUT2D eigenvalue weighted by atomic mass is 32.2. The first kappa shape index (κ1) is 12.8. The van der Waals surface area contributed by atoms with Gasteiger partial charge in [-0.05, 0) is 44.4 Å². The van der Waals surface area contributed by atoms with E-state index < -0.39 is 10.8 Å². The molecule has 0 amide bonds. The Bertz CT molecular complexity index is 433. The van der Waals surface area contributed by atoms with Crippen molar-refractivity contribution in [2.75, 3.05) is 11.5 Å². The summed E-state index contributed by atoms with van der Waals surface area (Å²) in [6.45, 7) is 8.54. The molecule has 3 unspecified atom stereocenters. The van der Waals surface area contributed by atoms with E-state index in [0.717, 1.165) is 11.5 Å². The first-order valence-corrected chi connectivity index (χ1v) is 7.65. The second-order valence-corrected chi connectivity index (χ2v) is 6.75. The van der Waals surface area contributed by atoms with Gasteiger partial charge in [-0.15, -0.1) is 0 Å². The van der Waals surface area contributed by atoms with Gasteiger partial charge in [-0.1, -0.05) is 17.7 Å². The van der Waals surface area contributed by atoms with Crippen molar-refractivity contribution in [2.45, 2.75) is 39.8 Å². The Hall–Kier alpha value is -0.670. The van der Waals surface area contributed by atoms with Crippen molar-refractivity contribution in [2.24, 2.45) is 0 Å². The largest absolute Gasteiger partial charge is 0.306 e. The number of aryl methyl sites for hydroxylation is 3. The van der Waals surface area contributed by atoms with Crippen LogP contribution in [0.4, 0.5) is 0 Å². The van der Waals surface area contributed by atoms with Crippen molar-refractivity contribution < 1.29 is 4.21 Å². The Morgan fingerprint density at radius 2 is 1.76 bits per heavy atom. The Morgan fingerprint density at radius 1 is 1.18 bits per heavy atom. The third kappa shape index (κ3) is 2.78. The molecule has 1 fully saturated rings. The summed E-state index contributed by atoms with van der Waals surface area (Å²) in [5.74, 6) is 1.52. The zero-order valence-corrected chi connectivity index (χ0v) is 11.9. The quantitative estimate of drug-likeness (QED) is 0.830. The monoisotopic (exact) mass is 251 g/mol. The van der Waals surface area contributed by atoms with Gasteiger partial charge < -0.3 is 5.32 Å². The number of hydrogen-bond acceptors (Lipinski definition) is 2. The molecule has 0 saturated carbocycles. The predicted octanol–water partition coefficient (Wildman–Crippen LogP) is 2.39. The SMILES string of the molecule is Cc1cc(C)c(C2CS(=O)CC(C)N2)c(C)c1. The van der Waals surface area contributed by atoms with Crippen LogP contribution in [0.1, 0.15) is 35.2 Å². The summed E-state index contributed by atoms with van der Waals surface area (Å²) in [7, 11) is -0.685. The maximum absolute atomic E-state index is 11.8. The van der Waals surface area contributed by atoms with Gasteiger partial charge in [0.1, 0.15) is 0 Å². The van der Waals surface area contributed by atoms with Crippen molar-refractivity contribution >= 4 is 10.8 Å². The maximum atomic E-state index is 11.8. The third-order valence-corrected chi connectivity index (χ3v) is 4.94. The van der Waals surface area contributed by atoms with Gasteiger partial charge >= 0.3 is 0 Å². The summed E-state index contributed by atoms with van der Waals surface area (Å²) in [6.07, 6.45) is 0. The number of nitrogens with one attached hydrogen (secondary N) is 1. The lowest BCUT2D eigenvalue weighted by Crippen LogP contribution is -2.43. The van der Waals surface area contributed by atoms with Crippen LogP contribution in [0, 0.1) is 20.8 Å². The average molecular weight is 251 g/mol. The fourth-order valence-electron chi connectivity index (χ4n) is 2.88. The topological polar surface area (TPSA) is 29.1 Å². The molecule has 2 rings (SSSR count). The first-order chi connectivity index (χ1) is 7.97. The normalized spacial score (nSPS) is 29.3. The molecule has 1 N–H and O–H groups in total. The molecule has 0 aromatic heterocycles. The van der Waals surface area contributed by atoms with E-state index in [4.69, 9.17) is 0 Å². The summed E-state index contributed by atoms with van der Waals surface area (Å²) in [5, 5.41) is 3.57. The lowest BCUT2D eigenvalue weighted by atomic mass is 9.94. The molecule has 0 spiro atoms. The molecule has 1 aromatic carbocycles. The van der Waals surface area contributed by atoms with Crippen molar-refractivity contribution in [1.29, 1.82) is 0 Å². The summed E-state index contributed by atoms with van der Waals surface area (Å²) < 4.78 is 11.8. The maximum Gasteiger partial charge on any atom is 0.0444 e. The molecule has 3 heteroatoms. The molecule has 94 valence electrons. The Labute approximate surface area is 106 Å². The van der Waals surface area contributed by atoms with E-state index in [2.05, 4.69) is 45.1 Å². The number of hydrogen-bond donors (Lipinski definition) is 1. The zero-order valence-electron chi connectivity index (χ0n) is 11.0. The van der Waals surface area contributed by atoms with Crippen molar-refractivity contribution in [3.63, 3.8) is 0 Å². The first-order valence-electron chi connectivity index (χ1n) is 6.16. The van der Waals surface area contributed by atoms with Crippen LogP contribution >= 0.6 is 0 Å². The predicted molar refractivity (Wildman–Crippen MR) is 73.9 cm³/mol. The third-order valence-electron chi connectivity index (χ3n) is 3.36. The fraction of sp³-hybridized carbons (Fsp3) is 0.571. The Kier molecular flexibility index (Phi) is 3.69. The van der Waals surface area contributed by atoms with E-state index in [0.29, 0.717) is 6.04 Å². The number of rotatable bonds is 1. The van der Waals surface area contributed by atoms with Crippen LogP contribution in [0.5, 0.6) is 0 Å². The molecule has 1 aliphatic rings. The molecule has 17 heavy (non-hydrogen) atoms. The molecule has 1 aromatic rings. The Morgan fingerprint density at radius 3 is 2.29 bits per heavy atom. The van der Waals surface area contributed by atoms with E-state index in [9.17, 15) is 4.21 Å². The van der Waals surface area contributed by atoms with E-state index in [1.807, 2.05) is 0 Å². The zero-order chi connectivity index (χ0) is 12.6. The summed E-state index contributed by atoms with van der Waals surface area (Å²) in [4.78, 5) is 0. The van der Waals surface area contributed by atoms with Gasteiger partial charge in [-0.3, -0.25) is 4.21 Å². The van der Waals surface area contributed by atoms with Crippen LogP contribution in [0.2, 0.25) is 0 Å². The van der Waals surface area contributed by atoms with Crippen LogP contribution in [0.25, 0.3) is 0 Å². The van der Waals surface area contributed by atoms with Crippen LogP contribution < -0.4 is 5.32 Å². The summed E-state index contributed by atoms with van der Waals surface area (Å²) in [6, 6.07) is 5.02. The smallest absolute Gasteiger partial charge is 0.0444 e. The molecule has 2 nitrogen and oxygen atoms in total. The van der Waals surface area contributed by atoms with Gasteiger partial charge in [-0.2, -0.15) is 0 Å². The molecule has 1 heterocycles. The van der Waals surface area contributed by atoms with E-state index in [-0.39, 0.29) is 6.04 Å². The summed E-state index contributed by atoms with van der Waals surface area (Å²) in [5.41, 5.74) is 5.27. The summed E-state index contributed by atoms with van der Waals surface area (Å²) >= 11 is 0. The van der Waals surface area contributed by atoms with E-state index in [1.54, 1.807) is 0 Å². The lowest BCUT2D eigenvalue weighted by Gasteiger charge is -2.30. The van der Waals surface area contributed by atoms with Crippen LogP contribution in [0.3, 0.4) is 0 Å². The van der Waals surface area contributed by atoms with Gasteiger partial charge in [-0.25, -0.2) is 0 Å². The van der Waals surface area contributed by atoms with Gasteiger partial charge in [0.2, 0.25) is 0 Å². The fourth-order valence-corrected chi connectivity index (χ4v) is 4.30. The highest BCUT2D eigenvalue weighted by Gasteiger charge is 2.26.